The summed E-state index contributed by atoms with van der Waals surface area (Å²) in [5.41, 5.74) is 0. The Balaban J connectivity index is 1.57. The van der Waals surface area contributed by atoms with Gasteiger partial charge in [-0.3, -0.25) is 4.90 Å². The number of hydrogen-bond donors (Lipinski definition) is 1. The summed E-state index contributed by atoms with van der Waals surface area (Å²) in [6.45, 7) is 4.17. The van der Waals surface area contributed by atoms with E-state index in [9.17, 15) is 5.11 Å². The highest BCUT2D eigenvalue weighted by Gasteiger charge is 2.29. The van der Waals surface area contributed by atoms with Gasteiger partial charge in [0.05, 0.1) is 25.6 Å². The van der Waals surface area contributed by atoms with Gasteiger partial charge in [0.1, 0.15) is 11.9 Å². The second-order valence-corrected chi connectivity index (χ2v) is 5.63. The quantitative estimate of drug-likeness (QED) is 0.888. The van der Waals surface area contributed by atoms with Gasteiger partial charge < -0.3 is 19.0 Å². The third-order valence-electron chi connectivity index (χ3n) is 4.18. The van der Waals surface area contributed by atoms with Crippen LogP contribution in [-0.4, -0.2) is 55.1 Å². The lowest BCUT2D eigenvalue weighted by atomic mass is 10.0. The van der Waals surface area contributed by atoms with Crippen LogP contribution >= 0.6 is 0 Å². The molecule has 2 aliphatic rings. The first-order valence-electron chi connectivity index (χ1n) is 7.48. The van der Waals surface area contributed by atoms with Gasteiger partial charge in [0.25, 0.3) is 0 Å². The maximum absolute atomic E-state index is 10.2. The fourth-order valence-corrected chi connectivity index (χ4v) is 3.05. The standard InChI is InChI=1S/C15H23NO4/c17-14(15-4-2-7-20-15)9-12-11-18-8-5-16(12)10-13-3-1-6-19-13/h2,4,7,12-14,17H,1,3,5-6,8-11H2. The maximum Gasteiger partial charge on any atom is 0.132 e. The molecule has 3 rings (SSSR count). The summed E-state index contributed by atoms with van der Waals surface area (Å²) in [5.74, 6) is 0.632. The van der Waals surface area contributed by atoms with E-state index in [4.69, 9.17) is 13.9 Å². The first-order chi connectivity index (χ1) is 9.83. The van der Waals surface area contributed by atoms with Gasteiger partial charge in [0.2, 0.25) is 0 Å². The molecule has 3 atom stereocenters. The molecule has 0 spiro atoms. The number of aliphatic hydroxyl groups is 1. The highest BCUT2D eigenvalue weighted by Crippen LogP contribution is 2.24. The molecule has 3 unspecified atom stereocenters. The largest absolute Gasteiger partial charge is 0.467 e. The van der Waals surface area contributed by atoms with Crippen LogP contribution in [0.3, 0.4) is 0 Å². The Morgan fingerprint density at radius 2 is 2.35 bits per heavy atom. The van der Waals surface area contributed by atoms with Gasteiger partial charge in [-0.1, -0.05) is 0 Å². The highest BCUT2D eigenvalue weighted by atomic mass is 16.5. The third-order valence-corrected chi connectivity index (χ3v) is 4.18. The third kappa shape index (κ3) is 3.41. The molecule has 3 heterocycles. The van der Waals surface area contributed by atoms with Gasteiger partial charge in [0, 0.05) is 25.7 Å². The Kier molecular flexibility index (Phi) is 4.73. The molecular formula is C15H23NO4. The number of morpholine rings is 1. The molecule has 0 radical (unpaired) electrons. The van der Waals surface area contributed by atoms with E-state index in [0.29, 0.717) is 24.9 Å². The van der Waals surface area contributed by atoms with Crippen LogP contribution in [0.5, 0.6) is 0 Å². The lowest BCUT2D eigenvalue weighted by molar-refractivity contribution is -0.0468. The normalized spacial score (nSPS) is 29.6. The zero-order valence-corrected chi connectivity index (χ0v) is 11.7. The monoisotopic (exact) mass is 281 g/mol. The summed E-state index contributed by atoms with van der Waals surface area (Å²) >= 11 is 0. The molecule has 5 nitrogen and oxygen atoms in total. The fraction of sp³-hybridized carbons (Fsp3) is 0.733. The Bertz CT molecular complexity index is 389. The molecule has 2 aliphatic heterocycles. The number of aliphatic hydroxyl groups excluding tert-OH is 1. The summed E-state index contributed by atoms with van der Waals surface area (Å²) in [6.07, 6.45) is 4.32. The average molecular weight is 281 g/mol. The average Bonchev–Trinajstić information content (AvgIpc) is 3.13. The zero-order valence-electron chi connectivity index (χ0n) is 11.7. The van der Waals surface area contributed by atoms with E-state index in [1.807, 2.05) is 6.07 Å². The summed E-state index contributed by atoms with van der Waals surface area (Å²) in [5, 5.41) is 10.2. The van der Waals surface area contributed by atoms with Crippen molar-refractivity contribution in [3.05, 3.63) is 24.2 Å². The van der Waals surface area contributed by atoms with E-state index in [0.717, 1.165) is 39.1 Å². The van der Waals surface area contributed by atoms with Gasteiger partial charge in [-0.15, -0.1) is 0 Å². The minimum atomic E-state index is -0.566. The Hall–Kier alpha value is -0.880. The van der Waals surface area contributed by atoms with Gasteiger partial charge in [-0.05, 0) is 31.4 Å². The van der Waals surface area contributed by atoms with Gasteiger partial charge in [-0.2, -0.15) is 0 Å². The van der Waals surface area contributed by atoms with Gasteiger partial charge in [0.15, 0.2) is 0 Å². The van der Waals surface area contributed by atoms with Crippen molar-refractivity contribution in [1.29, 1.82) is 0 Å². The molecule has 0 bridgehead atoms. The van der Waals surface area contributed by atoms with Crippen LogP contribution in [0.2, 0.25) is 0 Å². The maximum atomic E-state index is 10.2. The second-order valence-electron chi connectivity index (χ2n) is 5.63. The van der Waals surface area contributed by atoms with Crippen LogP contribution < -0.4 is 0 Å². The molecule has 20 heavy (non-hydrogen) atoms. The van der Waals surface area contributed by atoms with E-state index >= 15 is 0 Å². The molecule has 2 saturated heterocycles. The van der Waals surface area contributed by atoms with Crippen molar-refractivity contribution in [2.75, 3.05) is 32.9 Å². The van der Waals surface area contributed by atoms with Crippen molar-refractivity contribution in [2.24, 2.45) is 0 Å². The smallest absolute Gasteiger partial charge is 0.132 e. The van der Waals surface area contributed by atoms with Crippen LogP contribution in [0.15, 0.2) is 22.8 Å². The highest BCUT2D eigenvalue weighted by molar-refractivity contribution is 5.02. The minimum Gasteiger partial charge on any atom is -0.467 e. The van der Waals surface area contributed by atoms with Crippen LogP contribution in [0.1, 0.15) is 31.1 Å². The summed E-state index contributed by atoms with van der Waals surface area (Å²) in [7, 11) is 0. The lowest BCUT2D eigenvalue weighted by Crippen LogP contribution is -2.48. The Labute approximate surface area is 119 Å². The van der Waals surface area contributed by atoms with Crippen LogP contribution in [0.25, 0.3) is 0 Å². The van der Waals surface area contributed by atoms with Crippen LogP contribution in [0.4, 0.5) is 0 Å². The number of rotatable bonds is 5. The molecule has 112 valence electrons. The lowest BCUT2D eigenvalue weighted by Gasteiger charge is -2.37. The molecule has 0 aromatic carbocycles. The SMILES string of the molecule is OC(CC1COCCN1CC1CCCO1)c1ccco1. The van der Waals surface area contributed by atoms with Crippen molar-refractivity contribution >= 4 is 0 Å². The van der Waals surface area contributed by atoms with Crippen molar-refractivity contribution in [3.8, 4) is 0 Å². The number of hydrogen-bond acceptors (Lipinski definition) is 5. The van der Waals surface area contributed by atoms with Gasteiger partial charge >= 0.3 is 0 Å². The van der Waals surface area contributed by atoms with E-state index in [-0.39, 0.29) is 6.04 Å². The molecule has 0 saturated carbocycles. The number of furan rings is 1. The van der Waals surface area contributed by atoms with E-state index < -0.39 is 6.10 Å². The van der Waals surface area contributed by atoms with Crippen molar-refractivity contribution in [2.45, 2.75) is 37.5 Å². The van der Waals surface area contributed by atoms with Gasteiger partial charge in [-0.25, -0.2) is 0 Å². The first kappa shape index (κ1) is 14.1. The molecule has 1 aromatic rings. The molecule has 5 heteroatoms. The summed E-state index contributed by atoms with van der Waals surface area (Å²) in [4.78, 5) is 2.39. The van der Waals surface area contributed by atoms with Crippen molar-refractivity contribution in [3.63, 3.8) is 0 Å². The number of nitrogens with zero attached hydrogens (tertiary/aromatic N) is 1. The van der Waals surface area contributed by atoms with Crippen molar-refractivity contribution in [1.82, 2.24) is 4.90 Å². The zero-order chi connectivity index (χ0) is 13.8. The van der Waals surface area contributed by atoms with Crippen LogP contribution in [0, 0.1) is 0 Å². The predicted molar refractivity (Wildman–Crippen MR) is 73.4 cm³/mol. The molecule has 0 aliphatic carbocycles. The minimum absolute atomic E-state index is 0.230. The van der Waals surface area contributed by atoms with E-state index in [2.05, 4.69) is 4.90 Å². The van der Waals surface area contributed by atoms with E-state index in [1.54, 1.807) is 12.3 Å². The van der Waals surface area contributed by atoms with E-state index in [1.165, 1.54) is 0 Å². The molecule has 1 aromatic heterocycles. The first-order valence-corrected chi connectivity index (χ1v) is 7.48. The predicted octanol–water partition coefficient (Wildman–Crippen LogP) is 1.58. The van der Waals surface area contributed by atoms with Crippen molar-refractivity contribution < 1.29 is 19.0 Å². The Morgan fingerprint density at radius 3 is 3.10 bits per heavy atom. The molecule has 1 N–H and O–H groups in total. The molecular weight excluding hydrogens is 258 g/mol. The summed E-state index contributed by atoms with van der Waals surface area (Å²) in [6, 6.07) is 3.85. The number of ether oxygens (including phenoxy) is 2. The molecule has 2 fully saturated rings. The summed E-state index contributed by atoms with van der Waals surface area (Å²) < 4.78 is 16.6. The topological polar surface area (TPSA) is 55.1 Å². The molecule has 0 amide bonds. The Morgan fingerprint density at radius 1 is 1.40 bits per heavy atom. The van der Waals surface area contributed by atoms with Crippen LogP contribution in [-0.2, 0) is 9.47 Å². The second kappa shape index (κ2) is 6.72. The fourth-order valence-electron chi connectivity index (χ4n) is 3.05.